The van der Waals surface area contributed by atoms with E-state index in [1.54, 1.807) is 24.3 Å². The first-order valence-electron chi connectivity index (χ1n) is 13.2. The molecule has 7 heteroatoms. The lowest BCUT2D eigenvalue weighted by Crippen LogP contribution is -2.19. The van der Waals surface area contributed by atoms with Gasteiger partial charge in [0.15, 0.2) is 6.04 Å². The predicted molar refractivity (Wildman–Crippen MR) is 145 cm³/mol. The van der Waals surface area contributed by atoms with Gasteiger partial charge in [0.2, 0.25) is 0 Å². The highest BCUT2D eigenvalue weighted by molar-refractivity contribution is 5.96. The number of aryl methyl sites for hydroxylation is 1. The standard InChI is InChI=1S/C31H35NO6/c1-4-6-24-20-27(37-26-11-7-22(8-12-26)19-21(2)3)15-16-28(24)36-18-5-17-35-25-13-9-23(10-14-25)29-30(33)38-31(34)32-29/h7-16,20-21,29H,4-6,17-19H2,1-3H3,(H,32,34). The van der Waals surface area contributed by atoms with E-state index in [4.69, 9.17) is 14.2 Å². The maximum absolute atomic E-state index is 11.7. The van der Waals surface area contributed by atoms with Gasteiger partial charge < -0.3 is 24.3 Å². The SMILES string of the molecule is CCCc1cc(Oc2ccc(CC(C)C)cc2)ccc1OCCCOc1ccc(C2NC(=O)OC2=O)cc1. The fraction of sp³-hybridized carbons (Fsp3) is 0.355. The van der Waals surface area contributed by atoms with Crippen LogP contribution >= 0.6 is 0 Å². The van der Waals surface area contributed by atoms with Crippen LogP contribution in [0.3, 0.4) is 0 Å². The molecule has 1 saturated heterocycles. The Morgan fingerprint density at radius 2 is 1.55 bits per heavy atom. The van der Waals surface area contributed by atoms with Gasteiger partial charge in [-0.1, -0.05) is 51.5 Å². The lowest BCUT2D eigenvalue weighted by molar-refractivity contribution is -0.135. The van der Waals surface area contributed by atoms with Gasteiger partial charge in [-0.3, -0.25) is 0 Å². The van der Waals surface area contributed by atoms with Crippen LogP contribution in [0.4, 0.5) is 4.79 Å². The van der Waals surface area contributed by atoms with Crippen LogP contribution in [0.5, 0.6) is 23.0 Å². The minimum absolute atomic E-state index is 0.485. The van der Waals surface area contributed by atoms with E-state index in [0.717, 1.165) is 42.1 Å². The number of nitrogens with one attached hydrogen (secondary N) is 1. The molecule has 7 nitrogen and oxygen atoms in total. The zero-order valence-corrected chi connectivity index (χ0v) is 22.2. The fourth-order valence-corrected chi connectivity index (χ4v) is 4.29. The number of hydrogen-bond donors (Lipinski definition) is 1. The van der Waals surface area contributed by atoms with Gasteiger partial charge in [-0.15, -0.1) is 0 Å². The van der Waals surface area contributed by atoms with E-state index in [1.165, 1.54) is 5.56 Å². The monoisotopic (exact) mass is 517 g/mol. The van der Waals surface area contributed by atoms with E-state index >= 15 is 0 Å². The molecule has 1 aliphatic heterocycles. The molecule has 1 amide bonds. The van der Waals surface area contributed by atoms with Crippen LogP contribution < -0.4 is 19.5 Å². The Balaban J connectivity index is 1.25. The van der Waals surface area contributed by atoms with Crippen molar-refractivity contribution in [3.63, 3.8) is 0 Å². The summed E-state index contributed by atoms with van der Waals surface area (Å²) in [6.45, 7) is 7.59. The zero-order chi connectivity index (χ0) is 26.9. The number of hydrogen-bond acceptors (Lipinski definition) is 6. The number of ether oxygens (including phenoxy) is 4. The maximum atomic E-state index is 11.7. The third-order valence-electron chi connectivity index (χ3n) is 6.07. The van der Waals surface area contributed by atoms with Gasteiger partial charge in [0.25, 0.3) is 0 Å². The average molecular weight is 518 g/mol. The third kappa shape index (κ3) is 7.51. The van der Waals surface area contributed by atoms with Crippen molar-refractivity contribution in [3.8, 4) is 23.0 Å². The van der Waals surface area contributed by atoms with Crippen LogP contribution in [0.25, 0.3) is 0 Å². The lowest BCUT2D eigenvalue weighted by atomic mass is 10.0. The number of alkyl carbamates (subject to hydrolysis) is 1. The maximum Gasteiger partial charge on any atom is 0.415 e. The molecule has 3 aromatic rings. The van der Waals surface area contributed by atoms with Crippen molar-refractivity contribution in [2.75, 3.05) is 13.2 Å². The van der Waals surface area contributed by atoms with Crippen molar-refractivity contribution in [1.29, 1.82) is 0 Å². The van der Waals surface area contributed by atoms with Crippen molar-refractivity contribution in [1.82, 2.24) is 5.32 Å². The number of rotatable bonds is 13. The van der Waals surface area contributed by atoms with E-state index < -0.39 is 18.1 Å². The number of cyclic esters (lactones) is 2. The molecule has 0 aliphatic carbocycles. The van der Waals surface area contributed by atoms with Gasteiger partial charge in [-0.2, -0.15) is 0 Å². The normalized spacial score (nSPS) is 14.8. The van der Waals surface area contributed by atoms with E-state index in [-0.39, 0.29) is 0 Å². The molecular formula is C31H35NO6. The fourth-order valence-electron chi connectivity index (χ4n) is 4.29. The summed E-state index contributed by atoms with van der Waals surface area (Å²) in [6, 6.07) is 20.5. The molecule has 0 bridgehead atoms. The minimum Gasteiger partial charge on any atom is -0.493 e. The smallest absolute Gasteiger partial charge is 0.415 e. The Bertz CT molecular complexity index is 1220. The Kier molecular flexibility index (Phi) is 9.25. The van der Waals surface area contributed by atoms with Gasteiger partial charge >= 0.3 is 12.1 Å². The highest BCUT2D eigenvalue weighted by Crippen LogP contribution is 2.29. The highest BCUT2D eigenvalue weighted by atomic mass is 16.6. The van der Waals surface area contributed by atoms with Gasteiger partial charge in [0.05, 0.1) is 13.2 Å². The molecule has 200 valence electrons. The van der Waals surface area contributed by atoms with Crippen molar-refractivity contribution in [2.24, 2.45) is 5.92 Å². The first-order valence-corrected chi connectivity index (χ1v) is 13.2. The summed E-state index contributed by atoms with van der Waals surface area (Å²) in [5.74, 6) is 3.19. The second kappa shape index (κ2) is 13.0. The van der Waals surface area contributed by atoms with Crippen LogP contribution in [-0.4, -0.2) is 25.3 Å². The molecule has 38 heavy (non-hydrogen) atoms. The van der Waals surface area contributed by atoms with E-state index in [9.17, 15) is 9.59 Å². The van der Waals surface area contributed by atoms with Crippen LogP contribution in [0.2, 0.25) is 0 Å². The molecule has 1 atom stereocenters. The van der Waals surface area contributed by atoms with Crippen LogP contribution in [-0.2, 0) is 22.4 Å². The zero-order valence-electron chi connectivity index (χ0n) is 22.2. The van der Waals surface area contributed by atoms with Gasteiger partial charge in [0, 0.05) is 6.42 Å². The van der Waals surface area contributed by atoms with Gasteiger partial charge in [-0.05, 0) is 77.9 Å². The summed E-state index contributed by atoms with van der Waals surface area (Å²) in [6.07, 6.45) is 2.95. The topological polar surface area (TPSA) is 83.1 Å². The number of carbonyl (C=O) groups excluding carboxylic acids is 2. The summed E-state index contributed by atoms with van der Waals surface area (Å²) in [7, 11) is 0. The molecule has 3 aromatic carbocycles. The highest BCUT2D eigenvalue weighted by Gasteiger charge is 2.33. The molecule has 0 spiro atoms. The van der Waals surface area contributed by atoms with Crippen molar-refractivity contribution >= 4 is 12.1 Å². The Hall–Kier alpha value is -4.00. The molecule has 0 saturated carbocycles. The Labute approximate surface area is 224 Å². The van der Waals surface area contributed by atoms with Crippen molar-refractivity contribution in [3.05, 3.63) is 83.4 Å². The summed E-state index contributed by atoms with van der Waals surface area (Å²) >= 11 is 0. The van der Waals surface area contributed by atoms with Crippen LogP contribution in [0.15, 0.2) is 66.7 Å². The van der Waals surface area contributed by atoms with E-state index in [0.29, 0.717) is 36.9 Å². The molecule has 0 radical (unpaired) electrons. The predicted octanol–water partition coefficient (Wildman–Crippen LogP) is 6.79. The second-order valence-electron chi connectivity index (χ2n) is 9.77. The molecule has 1 fully saturated rings. The van der Waals surface area contributed by atoms with Gasteiger partial charge in [0.1, 0.15) is 23.0 Å². The van der Waals surface area contributed by atoms with E-state index in [2.05, 4.69) is 49.0 Å². The molecule has 0 aromatic heterocycles. The largest absolute Gasteiger partial charge is 0.493 e. The lowest BCUT2D eigenvalue weighted by Gasteiger charge is -2.14. The quantitative estimate of drug-likeness (QED) is 0.153. The van der Waals surface area contributed by atoms with Crippen molar-refractivity contribution in [2.45, 2.75) is 52.5 Å². The molecule has 1 N–H and O–H groups in total. The summed E-state index contributed by atoms with van der Waals surface area (Å²) in [5.41, 5.74) is 3.08. The van der Waals surface area contributed by atoms with Crippen LogP contribution in [0.1, 0.15) is 56.3 Å². The first-order chi connectivity index (χ1) is 18.4. The number of carbonyl (C=O) groups is 2. The molecule has 1 aliphatic rings. The Morgan fingerprint density at radius 3 is 2.21 bits per heavy atom. The van der Waals surface area contributed by atoms with Crippen LogP contribution in [0, 0.1) is 5.92 Å². The Morgan fingerprint density at radius 1 is 0.868 bits per heavy atom. The van der Waals surface area contributed by atoms with Gasteiger partial charge in [-0.25, -0.2) is 9.59 Å². The molecule has 1 unspecified atom stereocenters. The summed E-state index contributed by atoms with van der Waals surface area (Å²) in [4.78, 5) is 22.9. The molecule has 1 heterocycles. The number of benzene rings is 3. The minimum atomic E-state index is -0.769. The third-order valence-corrected chi connectivity index (χ3v) is 6.07. The number of amides is 1. The average Bonchev–Trinajstić information content (AvgIpc) is 3.24. The summed E-state index contributed by atoms with van der Waals surface area (Å²) < 4.78 is 22.5. The van der Waals surface area contributed by atoms with E-state index in [1.807, 2.05) is 24.3 Å². The second-order valence-corrected chi connectivity index (χ2v) is 9.77. The van der Waals surface area contributed by atoms with Crippen molar-refractivity contribution < 1.29 is 28.5 Å². The number of esters is 1. The molecular weight excluding hydrogens is 482 g/mol. The molecule has 4 rings (SSSR count). The first kappa shape index (κ1) is 27.0. The summed E-state index contributed by atoms with van der Waals surface area (Å²) in [5, 5.41) is 2.48.